The number of nitrogens with two attached hydrogens (primary N) is 1. The summed E-state index contributed by atoms with van der Waals surface area (Å²) in [5, 5.41) is -0.309. The molecule has 2 aliphatic rings. The van der Waals surface area contributed by atoms with E-state index < -0.39 is 35.0 Å². The van der Waals surface area contributed by atoms with Crippen molar-refractivity contribution in [3.05, 3.63) is 52.1 Å². The van der Waals surface area contributed by atoms with E-state index in [0.717, 1.165) is 36.5 Å². The highest BCUT2D eigenvalue weighted by molar-refractivity contribution is 6.43. The summed E-state index contributed by atoms with van der Waals surface area (Å²) in [6, 6.07) is 7.51. The Bertz CT molecular complexity index is 2190. The van der Waals surface area contributed by atoms with Crippen molar-refractivity contribution in [2.24, 2.45) is 5.41 Å². The average Bonchev–Trinajstić information content (AvgIpc) is 3.16. The first-order valence-electron chi connectivity index (χ1n) is 20.8. The number of methoxy groups -OCH3 is 2. The fourth-order valence-corrected chi connectivity index (χ4v) is 8.01. The van der Waals surface area contributed by atoms with Crippen LogP contribution in [0, 0.1) is 5.41 Å². The number of hydrogen-bond donors (Lipinski definition) is 1. The van der Waals surface area contributed by atoms with E-state index >= 15 is 0 Å². The van der Waals surface area contributed by atoms with Gasteiger partial charge in [-0.25, -0.2) is 29.1 Å². The van der Waals surface area contributed by atoms with E-state index in [1.54, 1.807) is 58.6 Å². The van der Waals surface area contributed by atoms with Gasteiger partial charge in [0.25, 0.3) is 0 Å². The highest BCUT2D eigenvalue weighted by atomic mass is 35.5. The lowest BCUT2D eigenvalue weighted by atomic mass is 9.72. The van der Waals surface area contributed by atoms with E-state index in [9.17, 15) is 19.2 Å². The van der Waals surface area contributed by atoms with Crippen molar-refractivity contribution >= 4 is 81.8 Å². The Labute approximate surface area is 380 Å². The number of hydrogen-bond acceptors (Lipinski definition) is 12. The molecule has 5 rings (SSSR count). The van der Waals surface area contributed by atoms with E-state index in [-0.39, 0.29) is 44.6 Å². The number of likely N-dealkylation sites (tertiary alicyclic amines) is 1. The van der Waals surface area contributed by atoms with Crippen molar-refractivity contribution in [1.82, 2.24) is 9.88 Å². The van der Waals surface area contributed by atoms with Gasteiger partial charge in [0.15, 0.2) is 0 Å². The number of imide groups is 1. The normalized spacial score (nSPS) is 15.0. The largest absolute Gasteiger partial charge is 0.495 e. The maximum Gasteiger partial charge on any atom is 0.423 e. The Hall–Kier alpha value is -5.35. The minimum Gasteiger partial charge on any atom is -0.495 e. The fraction of sp³-hybridized carbons (Fsp3) is 0.533. The lowest BCUT2D eigenvalue weighted by Gasteiger charge is -2.55. The molecule has 2 N–H and O–H groups in total. The molecular weight excluding hydrogens is 853 g/mol. The third-order valence-corrected chi connectivity index (χ3v) is 11.2. The van der Waals surface area contributed by atoms with Crippen LogP contribution in [0.5, 0.6) is 11.5 Å². The molecule has 2 saturated heterocycles. The minimum absolute atomic E-state index is 0.0372. The topological polar surface area (TPSA) is 170 Å². The van der Waals surface area contributed by atoms with E-state index in [4.69, 9.17) is 52.6 Å². The number of ether oxygens (including phenoxy) is 5. The quantitative estimate of drug-likeness (QED) is 0.168. The molecule has 1 spiro atoms. The maximum atomic E-state index is 14.7. The van der Waals surface area contributed by atoms with Crippen LogP contribution in [0.2, 0.25) is 10.0 Å². The number of piperidine rings is 1. The summed E-state index contributed by atoms with van der Waals surface area (Å²) in [6.07, 6.45) is 1.57. The number of carbonyl (C=O) groups is 4. The van der Waals surface area contributed by atoms with Crippen LogP contribution < -0.4 is 34.8 Å². The highest BCUT2D eigenvalue weighted by Crippen LogP contribution is 2.48. The van der Waals surface area contributed by atoms with Gasteiger partial charge < -0.3 is 39.2 Å². The molecule has 344 valence electrons. The summed E-state index contributed by atoms with van der Waals surface area (Å²) in [7, 11) is 4.13. The Morgan fingerprint density at radius 1 is 0.794 bits per heavy atom. The maximum absolute atomic E-state index is 14.7. The van der Waals surface area contributed by atoms with Crippen molar-refractivity contribution in [2.75, 3.05) is 72.8 Å². The molecule has 5 amide bonds. The van der Waals surface area contributed by atoms with Crippen LogP contribution in [-0.4, -0.2) is 98.4 Å². The molecule has 18 heteroatoms. The molecule has 0 atom stereocenters. The van der Waals surface area contributed by atoms with Crippen molar-refractivity contribution in [3.63, 3.8) is 0 Å². The molecule has 0 bridgehead atoms. The Balaban J connectivity index is 1.50. The number of anilines is 6. The fourth-order valence-electron chi connectivity index (χ4n) is 7.34. The third-order valence-electron chi connectivity index (χ3n) is 10.5. The number of rotatable bonds is 8. The van der Waals surface area contributed by atoms with Gasteiger partial charge in [-0.05, 0) is 105 Å². The van der Waals surface area contributed by atoms with Crippen molar-refractivity contribution < 1.29 is 42.9 Å². The van der Waals surface area contributed by atoms with E-state index in [1.165, 1.54) is 38.4 Å². The first kappa shape index (κ1) is 48.7. The van der Waals surface area contributed by atoms with Gasteiger partial charge in [-0.2, -0.15) is 4.90 Å². The predicted octanol–water partition coefficient (Wildman–Crippen LogP) is 10.5. The van der Waals surface area contributed by atoms with E-state index in [0.29, 0.717) is 47.0 Å². The Kier molecular flexibility index (Phi) is 14.2. The number of benzene rings is 2. The average molecular weight is 915 g/mol. The van der Waals surface area contributed by atoms with Crippen molar-refractivity contribution in [3.8, 4) is 11.5 Å². The van der Waals surface area contributed by atoms with Crippen LogP contribution in [0.4, 0.5) is 53.4 Å². The third kappa shape index (κ3) is 11.1. The summed E-state index contributed by atoms with van der Waals surface area (Å²) in [4.78, 5) is 67.4. The number of amides is 5. The number of carbonyl (C=O) groups excluding carboxylic acids is 4. The zero-order valence-corrected chi connectivity index (χ0v) is 40.1. The van der Waals surface area contributed by atoms with E-state index in [1.807, 2.05) is 39.8 Å². The second-order valence-corrected chi connectivity index (χ2v) is 19.6. The van der Waals surface area contributed by atoms with Gasteiger partial charge in [-0.15, -0.1) is 0 Å². The number of halogens is 2. The van der Waals surface area contributed by atoms with E-state index in [2.05, 4.69) is 9.88 Å². The first-order valence-corrected chi connectivity index (χ1v) is 21.5. The molecule has 16 nitrogen and oxygen atoms in total. The van der Waals surface area contributed by atoms with Gasteiger partial charge in [0.05, 0.1) is 31.3 Å². The number of nitrogens with zero attached hydrogens (tertiary/aromatic N) is 6. The van der Waals surface area contributed by atoms with Crippen LogP contribution in [0.15, 0.2) is 36.5 Å². The Morgan fingerprint density at radius 3 is 1.83 bits per heavy atom. The van der Waals surface area contributed by atoms with Gasteiger partial charge in [-0.3, -0.25) is 4.90 Å². The number of pyridine rings is 1. The molecule has 0 unspecified atom stereocenters. The zero-order valence-electron chi connectivity index (χ0n) is 38.6. The summed E-state index contributed by atoms with van der Waals surface area (Å²) in [5.41, 5.74) is 6.65. The van der Waals surface area contributed by atoms with Gasteiger partial charge in [0.1, 0.15) is 49.9 Å². The molecule has 0 aliphatic carbocycles. The van der Waals surface area contributed by atoms with Crippen LogP contribution in [0.25, 0.3) is 0 Å². The van der Waals surface area contributed by atoms with Crippen LogP contribution >= 0.6 is 23.2 Å². The van der Waals surface area contributed by atoms with Crippen LogP contribution in [0.3, 0.4) is 0 Å². The number of nitrogen functional groups attached to an aromatic ring is 1. The number of aryl methyl sites for hydroxylation is 1. The molecule has 0 saturated carbocycles. The molecule has 3 heterocycles. The molecule has 3 aromatic rings. The molecule has 2 aromatic carbocycles. The monoisotopic (exact) mass is 913 g/mol. The molecule has 0 radical (unpaired) electrons. The molecule has 63 heavy (non-hydrogen) atoms. The molecule has 2 aliphatic heterocycles. The lowest BCUT2D eigenvalue weighted by Crippen LogP contribution is -2.61. The van der Waals surface area contributed by atoms with Gasteiger partial charge >= 0.3 is 24.3 Å². The van der Waals surface area contributed by atoms with Gasteiger partial charge in [0, 0.05) is 62.7 Å². The van der Waals surface area contributed by atoms with Crippen molar-refractivity contribution in [1.29, 1.82) is 0 Å². The number of aromatic nitrogens is 1. The zero-order chi connectivity index (χ0) is 47.0. The standard InChI is InChI=1S/C45H61Cl2N7O9/c1-14-27-24-49-34(50(11)38(55)54(41(58)63-44(8,9)10)37-35(46)32(59-12)23-33(60-13)36(37)47)22-31(27)53(40(57)62-43(5,6)7)30-16-15-28(21-29(30)48)52-25-45(26-52)17-19-51(20-18-45)39(56)61-42(2,3)4/h15-16,21-24H,14,17-20,25-26,48H2,1-13H3. The van der Waals surface area contributed by atoms with Crippen molar-refractivity contribution in [2.45, 2.75) is 105 Å². The lowest BCUT2D eigenvalue weighted by molar-refractivity contribution is 0.00593. The predicted molar refractivity (Wildman–Crippen MR) is 247 cm³/mol. The van der Waals surface area contributed by atoms with Gasteiger partial charge in [-0.1, -0.05) is 30.1 Å². The first-order chi connectivity index (χ1) is 29.2. The smallest absolute Gasteiger partial charge is 0.423 e. The summed E-state index contributed by atoms with van der Waals surface area (Å²) in [5.74, 6) is 0.196. The summed E-state index contributed by atoms with van der Waals surface area (Å²) < 4.78 is 28.1. The minimum atomic E-state index is -1.09. The molecule has 1 aromatic heterocycles. The second-order valence-electron chi connectivity index (χ2n) is 18.8. The number of urea groups is 1. The SMILES string of the molecule is CCc1cnc(N(C)C(=O)N(C(=O)OC(C)(C)C)c2c(Cl)c(OC)cc(OC)c2Cl)cc1N(C(=O)OC(C)(C)C)c1ccc(N2CC3(CCN(C(=O)OC(C)(C)C)CC3)C2)cc1N. The summed E-state index contributed by atoms with van der Waals surface area (Å²) in [6.45, 7) is 20.5. The Morgan fingerprint density at radius 2 is 1.33 bits per heavy atom. The summed E-state index contributed by atoms with van der Waals surface area (Å²) >= 11 is 13.5. The van der Waals surface area contributed by atoms with Gasteiger partial charge in [0.2, 0.25) is 0 Å². The van der Waals surface area contributed by atoms with Crippen LogP contribution in [-0.2, 0) is 20.6 Å². The molecule has 2 fully saturated rings. The second kappa shape index (κ2) is 18.4. The highest BCUT2D eigenvalue weighted by Gasteiger charge is 2.46. The van der Waals surface area contributed by atoms with Crippen LogP contribution in [0.1, 0.15) is 87.6 Å². The molecular formula is C45H61Cl2N7O9.